The number of phosphoric acid groups is 1. The first-order valence-corrected chi connectivity index (χ1v) is 28.2. The quantitative estimate of drug-likeness (QED) is 0.0195. The molecular weight excluding hydrogens is 882 g/mol. The first kappa shape index (κ1) is 65.4. The number of carbonyl (C=O) groups is 2. The lowest BCUT2D eigenvalue weighted by atomic mass is 10.1. The van der Waals surface area contributed by atoms with E-state index in [1.165, 1.54) is 51.4 Å². The van der Waals surface area contributed by atoms with Gasteiger partial charge in [-0.1, -0.05) is 187 Å². The van der Waals surface area contributed by atoms with Gasteiger partial charge < -0.3 is 27.9 Å². The third-order valence-corrected chi connectivity index (χ3v) is 11.7. The summed E-state index contributed by atoms with van der Waals surface area (Å²) in [6.07, 6.45) is 69.5. The van der Waals surface area contributed by atoms with E-state index in [2.05, 4.69) is 135 Å². The van der Waals surface area contributed by atoms with Gasteiger partial charge in [0.25, 0.3) is 7.82 Å². The van der Waals surface area contributed by atoms with Gasteiger partial charge in [0.2, 0.25) is 0 Å². The topological polar surface area (TPSA) is 111 Å². The Hall–Kier alpha value is -3.59. The van der Waals surface area contributed by atoms with Crippen LogP contribution in [0.25, 0.3) is 0 Å². The van der Waals surface area contributed by atoms with Crippen LogP contribution in [0.4, 0.5) is 0 Å². The van der Waals surface area contributed by atoms with Crippen LogP contribution in [0.5, 0.6) is 0 Å². The zero-order chi connectivity index (χ0) is 50.6. The van der Waals surface area contributed by atoms with E-state index in [0.29, 0.717) is 23.9 Å². The molecule has 0 heterocycles. The molecule has 0 aliphatic rings. The van der Waals surface area contributed by atoms with Crippen molar-refractivity contribution in [1.82, 2.24) is 0 Å². The van der Waals surface area contributed by atoms with Crippen molar-refractivity contribution in [2.75, 3.05) is 47.5 Å². The molecule has 0 saturated carbocycles. The van der Waals surface area contributed by atoms with Crippen LogP contribution in [0.3, 0.4) is 0 Å². The number of carbonyl (C=O) groups excluding carboxylic acids is 2. The Morgan fingerprint density at radius 1 is 0.464 bits per heavy atom. The van der Waals surface area contributed by atoms with Gasteiger partial charge in [-0.2, -0.15) is 0 Å². The van der Waals surface area contributed by atoms with Crippen LogP contribution in [0.15, 0.2) is 122 Å². The first-order chi connectivity index (χ1) is 33.5. The largest absolute Gasteiger partial charge is 0.756 e. The molecule has 0 aromatic carbocycles. The van der Waals surface area contributed by atoms with Gasteiger partial charge in [-0.3, -0.25) is 14.2 Å². The number of unbranched alkanes of at least 4 members (excludes halogenated alkanes) is 13. The van der Waals surface area contributed by atoms with Gasteiger partial charge in [0.05, 0.1) is 27.7 Å². The molecule has 10 heteroatoms. The lowest BCUT2D eigenvalue weighted by Gasteiger charge is -2.28. The average Bonchev–Trinajstić information content (AvgIpc) is 3.31. The number of esters is 2. The third-order valence-electron chi connectivity index (χ3n) is 10.7. The summed E-state index contributed by atoms with van der Waals surface area (Å²) in [6.45, 7) is 4.02. The molecule has 0 radical (unpaired) electrons. The smallest absolute Gasteiger partial charge is 0.306 e. The van der Waals surface area contributed by atoms with E-state index in [1.54, 1.807) is 0 Å². The summed E-state index contributed by atoms with van der Waals surface area (Å²) in [5.41, 5.74) is 0. The van der Waals surface area contributed by atoms with Gasteiger partial charge in [-0.15, -0.1) is 0 Å². The Bertz CT molecular complexity index is 1580. The monoisotopic (exact) mass is 980 g/mol. The van der Waals surface area contributed by atoms with Crippen molar-refractivity contribution in [2.24, 2.45) is 0 Å². The molecular formula is C59H98NO8P. The molecule has 0 aliphatic carbocycles. The minimum atomic E-state index is -4.66. The lowest BCUT2D eigenvalue weighted by molar-refractivity contribution is -0.870. The van der Waals surface area contributed by atoms with Crippen LogP contribution >= 0.6 is 7.82 Å². The summed E-state index contributed by atoms with van der Waals surface area (Å²) in [6, 6.07) is 0. The standard InChI is InChI=1S/C59H98NO8P/c1-6-8-10-12-14-16-18-20-22-24-26-27-28-29-30-31-32-33-34-36-38-40-42-44-46-48-50-52-59(62)68-57(56-67-69(63,64)66-54-53-60(3,4)5)55-65-58(61)51-49-47-45-43-41-39-37-35-25-23-21-19-17-15-13-11-9-7-2/h8,10,14,16-17,19-20,22-23,25-27,29-30,32-33,36,38,42,44,57H,6-7,9,11-13,15,18,21,24,28,31,34-35,37,39-41,43,45-56H2,1-5H3/b10-8-,16-14-,19-17-,22-20-,25-23-,27-26-,30-29-,33-32-,38-36-,44-42-. The first-order valence-electron chi connectivity index (χ1n) is 26.7. The summed E-state index contributed by atoms with van der Waals surface area (Å²) in [5.74, 6) is -0.904. The maximum absolute atomic E-state index is 12.8. The second kappa shape index (κ2) is 49.4. The number of nitrogens with zero attached hydrogens (tertiary/aromatic N) is 1. The molecule has 0 bridgehead atoms. The number of hydrogen-bond acceptors (Lipinski definition) is 8. The number of allylic oxidation sites excluding steroid dienone is 20. The van der Waals surface area contributed by atoms with E-state index < -0.39 is 32.5 Å². The molecule has 0 saturated heterocycles. The fourth-order valence-corrected chi connectivity index (χ4v) is 7.31. The summed E-state index contributed by atoms with van der Waals surface area (Å²) < 4.78 is 34.0. The summed E-state index contributed by atoms with van der Waals surface area (Å²) in [5, 5.41) is 0. The number of rotatable bonds is 47. The van der Waals surface area contributed by atoms with Crippen molar-refractivity contribution in [3.05, 3.63) is 122 Å². The molecule has 9 nitrogen and oxygen atoms in total. The van der Waals surface area contributed by atoms with Gasteiger partial charge in [0.15, 0.2) is 6.10 Å². The van der Waals surface area contributed by atoms with Gasteiger partial charge in [0, 0.05) is 12.8 Å². The predicted molar refractivity (Wildman–Crippen MR) is 291 cm³/mol. The summed E-state index contributed by atoms with van der Waals surface area (Å²) in [4.78, 5) is 37.8. The lowest BCUT2D eigenvalue weighted by Crippen LogP contribution is -2.37. The highest BCUT2D eigenvalue weighted by molar-refractivity contribution is 7.45. The fourth-order valence-electron chi connectivity index (χ4n) is 6.58. The normalized spacial score (nSPS) is 14.3. The number of hydrogen-bond donors (Lipinski definition) is 0. The second-order valence-corrected chi connectivity index (χ2v) is 19.9. The molecule has 69 heavy (non-hydrogen) atoms. The molecule has 0 rings (SSSR count). The molecule has 0 amide bonds. The van der Waals surface area contributed by atoms with Crippen molar-refractivity contribution in [3.63, 3.8) is 0 Å². The molecule has 0 N–H and O–H groups in total. The number of likely N-dealkylation sites (N-methyl/N-ethyl adjacent to an activating group) is 1. The minimum Gasteiger partial charge on any atom is -0.756 e. The van der Waals surface area contributed by atoms with E-state index in [0.717, 1.165) is 96.3 Å². The number of ether oxygens (including phenoxy) is 2. The maximum Gasteiger partial charge on any atom is 0.306 e. The molecule has 0 aromatic rings. The second-order valence-electron chi connectivity index (χ2n) is 18.5. The van der Waals surface area contributed by atoms with Crippen molar-refractivity contribution >= 4 is 19.8 Å². The van der Waals surface area contributed by atoms with Crippen LogP contribution in [-0.2, 0) is 32.7 Å². The van der Waals surface area contributed by atoms with E-state index >= 15 is 0 Å². The van der Waals surface area contributed by atoms with E-state index in [4.69, 9.17) is 18.5 Å². The van der Waals surface area contributed by atoms with Gasteiger partial charge in [-0.25, -0.2) is 0 Å². The van der Waals surface area contributed by atoms with Gasteiger partial charge in [0.1, 0.15) is 19.8 Å². The average molecular weight is 980 g/mol. The van der Waals surface area contributed by atoms with E-state index in [1.807, 2.05) is 21.1 Å². The van der Waals surface area contributed by atoms with Crippen molar-refractivity contribution in [3.8, 4) is 0 Å². The molecule has 392 valence electrons. The fraction of sp³-hybridized carbons (Fsp3) is 0.627. The van der Waals surface area contributed by atoms with Crippen LogP contribution in [0.2, 0.25) is 0 Å². The molecule has 0 fully saturated rings. The number of phosphoric ester groups is 1. The van der Waals surface area contributed by atoms with Crippen LogP contribution in [0, 0.1) is 0 Å². The molecule has 0 aliphatic heterocycles. The van der Waals surface area contributed by atoms with Crippen LogP contribution < -0.4 is 4.89 Å². The maximum atomic E-state index is 12.8. The van der Waals surface area contributed by atoms with E-state index in [-0.39, 0.29) is 26.1 Å². The Morgan fingerprint density at radius 2 is 0.826 bits per heavy atom. The highest BCUT2D eigenvalue weighted by Crippen LogP contribution is 2.38. The van der Waals surface area contributed by atoms with Crippen molar-refractivity contribution in [2.45, 2.75) is 193 Å². The van der Waals surface area contributed by atoms with Crippen LogP contribution in [-0.4, -0.2) is 70.0 Å². The highest BCUT2D eigenvalue weighted by Gasteiger charge is 2.21. The molecule has 2 atom stereocenters. The third kappa shape index (κ3) is 53.6. The summed E-state index contributed by atoms with van der Waals surface area (Å²) >= 11 is 0. The Morgan fingerprint density at radius 3 is 1.26 bits per heavy atom. The summed E-state index contributed by atoms with van der Waals surface area (Å²) in [7, 11) is 1.11. The molecule has 2 unspecified atom stereocenters. The SMILES string of the molecule is CC/C=C\C/C=C\C/C=C\C/C=C\C/C=C\C/C=C\C/C=C\C/C=C\CCCCC(=O)OC(COC(=O)CCCCCCCCC/C=C\C/C=C\CCCCCC)COP(=O)([O-])OCC[N+](C)(C)C. The van der Waals surface area contributed by atoms with Crippen LogP contribution in [0.1, 0.15) is 187 Å². The zero-order valence-corrected chi connectivity index (χ0v) is 45.1. The Balaban J connectivity index is 4.38. The Kier molecular flexibility index (Phi) is 46.8. The van der Waals surface area contributed by atoms with Crippen molar-refractivity contribution < 1.29 is 42.1 Å². The molecule has 0 aromatic heterocycles. The van der Waals surface area contributed by atoms with Crippen molar-refractivity contribution in [1.29, 1.82) is 0 Å². The predicted octanol–water partition coefficient (Wildman–Crippen LogP) is 15.8. The highest BCUT2D eigenvalue weighted by atomic mass is 31.2. The zero-order valence-electron chi connectivity index (χ0n) is 44.2. The number of quaternary nitrogens is 1. The van der Waals surface area contributed by atoms with Gasteiger partial charge >= 0.3 is 11.9 Å². The van der Waals surface area contributed by atoms with E-state index in [9.17, 15) is 19.0 Å². The van der Waals surface area contributed by atoms with Gasteiger partial charge in [-0.05, 0) is 109 Å². The Labute approximate surface area is 422 Å². The molecule has 0 spiro atoms. The minimum absolute atomic E-state index is 0.0481.